The minimum absolute atomic E-state index is 0.0269. The molecule has 2 aliphatic rings. The van der Waals surface area contributed by atoms with Crippen molar-refractivity contribution in [2.24, 2.45) is 0 Å². The number of nitrogens with one attached hydrogen (secondary N) is 4. The van der Waals surface area contributed by atoms with Gasteiger partial charge >= 0.3 is 6.03 Å². The Bertz CT molecular complexity index is 1050. The fraction of sp³-hybridized carbons (Fsp3) is 0.304. The van der Waals surface area contributed by atoms with E-state index in [1.807, 2.05) is 36.4 Å². The molecule has 0 spiro atoms. The van der Waals surface area contributed by atoms with Crippen molar-refractivity contribution in [1.29, 1.82) is 0 Å². The summed E-state index contributed by atoms with van der Waals surface area (Å²) < 4.78 is 0. The number of anilines is 1. The summed E-state index contributed by atoms with van der Waals surface area (Å²) in [6.45, 7) is 3.02. The van der Waals surface area contributed by atoms with Crippen molar-refractivity contribution >= 4 is 29.4 Å². The van der Waals surface area contributed by atoms with E-state index in [4.69, 9.17) is 0 Å². The van der Waals surface area contributed by atoms with E-state index in [2.05, 4.69) is 33.4 Å². The number of amides is 5. The molecule has 2 fully saturated rings. The summed E-state index contributed by atoms with van der Waals surface area (Å²) in [5, 5.41) is 10.4. The average molecular weight is 420 g/mol. The predicted molar refractivity (Wildman–Crippen MR) is 115 cm³/mol. The molecule has 0 bridgehead atoms. The first-order valence-corrected chi connectivity index (χ1v) is 10.1. The molecule has 3 atom stereocenters. The number of benzene rings is 2. The van der Waals surface area contributed by atoms with Crippen molar-refractivity contribution in [1.82, 2.24) is 16.0 Å². The van der Waals surface area contributed by atoms with Gasteiger partial charge in [0, 0.05) is 24.6 Å². The Morgan fingerprint density at radius 1 is 1.03 bits per heavy atom. The number of imide groups is 1. The largest absolute Gasteiger partial charge is 0.353 e. The summed E-state index contributed by atoms with van der Waals surface area (Å²) in [5.41, 5.74) is 2.81. The van der Waals surface area contributed by atoms with Crippen LogP contribution in [0, 0.1) is 0 Å². The van der Waals surface area contributed by atoms with Crippen LogP contribution in [0.25, 0.3) is 11.1 Å². The van der Waals surface area contributed by atoms with Crippen LogP contribution >= 0.6 is 0 Å². The summed E-state index contributed by atoms with van der Waals surface area (Å²) in [6, 6.07) is 15.3. The van der Waals surface area contributed by atoms with Gasteiger partial charge in [-0.3, -0.25) is 19.7 Å². The Labute approximate surface area is 179 Å². The Balaban J connectivity index is 1.32. The zero-order chi connectivity index (χ0) is 22.2. The van der Waals surface area contributed by atoms with Gasteiger partial charge in [-0.15, -0.1) is 0 Å². The predicted octanol–water partition coefficient (Wildman–Crippen LogP) is 2.27. The summed E-state index contributed by atoms with van der Waals surface area (Å²) in [7, 11) is 0. The van der Waals surface area contributed by atoms with Gasteiger partial charge in [-0.05, 0) is 42.2 Å². The van der Waals surface area contributed by atoms with Crippen LogP contribution < -0.4 is 21.3 Å². The van der Waals surface area contributed by atoms with Crippen LogP contribution in [0.2, 0.25) is 0 Å². The monoisotopic (exact) mass is 420 g/mol. The lowest BCUT2D eigenvalue weighted by Crippen LogP contribution is -2.48. The minimum atomic E-state index is -1.21. The fourth-order valence-corrected chi connectivity index (χ4v) is 3.88. The lowest BCUT2D eigenvalue weighted by molar-refractivity contribution is -0.129. The second-order valence-electron chi connectivity index (χ2n) is 8.31. The molecule has 2 aromatic carbocycles. The topological polar surface area (TPSA) is 116 Å². The number of carbonyl (C=O) groups is 4. The molecular weight excluding hydrogens is 396 g/mol. The van der Waals surface area contributed by atoms with Crippen LogP contribution in [-0.2, 0) is 14.4 Å². The van der Waals surface area contributed by atoms with Crippen molar-refractivity contribution in [3.05, 3.63) is 54.1 Å². The van der Waals surface area contributed by atoms with Crippen LogP contribution in [0.15, 0.2) is 48.5 Å². The molecule has 0 aromatic heterocycles. The van der Waals surface area contributed by atoms with Crippen LogP contribution in [0.1, 0.15) is 38.2 Å². The maximum absolute atomic E-state index is 12.3. The third-order valence-electron chi connectivity index (χ3n) is 5.65. The van der Waals surface area contributed by atoms with Gasteiger partial charge in [0.1, 0.15) is 5.54 Å². The number of hydrogen-bond acceptors (Lipinski definition) is 4. The Morgan fingerprint density at radius 2 is 1.65 bits per heavy atom. The van der Waals surface area contributed by atoms with Crippen LogP contribution in [0.4, 0.5) is 10.5 Å². The van der Waals surface area contributed by atoms with Crippen molar-refractivity contribution < 1.29 is 19.2 Å². The van der Waals surface area contributed by atoms with Gasteiger partial charge in [0.25, 0.3) is 5.91 Å². The van der Waals surface area contributed by atoms with Crippen LogP contribution in [0.3, 0.4) is 0 Å². The number of rotatable bonds is 6. The highest BCUT2D eigenvalue weighted by molar-refractivity contribution is 6.08. The molecule has 31 heavy (non-hydrogen) atoms. The highest BCUT2D eigenvalue weighted by atomic mass is 16.2. The maximum atomic E-state index is 12.3. The van der Waals surface area contributed by atoms with E-state index in [-0.39, 0.29) is 30.2 Å². The molecule has 1 aliphatic carbocycles. The van der Waals surface area contributed by atoms with E-state index in [9.17, 15) is 19.2 Å². The first-order valence-electron chi connectivity index (χ1n) is 10.1. The normalized spacial score (nSPS) is 24.2. The lowest BCUT2D eigenvalue weighted by Gasteiger charge is -2.19. The minimum Gasteiger partial charge on any atom is -0.353 e. The van der Waals surface area contributed by atoms with E-state index in [1.165, 1.54) is 6.92 Å². The second-order valence-corrected chi connectivity index (χ2v) is 8.31. The lowest BCUT2D eigenvalue weighted by atomic mass is 9.98. The molecule has 8 heteroatoms. The summed E-state index contributed by atoms with van der Waals surface area (Å²) >= 11 is 0. The van der Waals surface area contributed by atoms with Gasteiger partial charge in [0.15, 0.2) is 0 Å². The third-order valence-corrected chi connectivity index (χ3v) is 5.65. The second kappa shape index (κ2) is 7.86. The zero-order valence-corrected chi connectivity index (χ0v) is 17.3. The first-order chi connectivity index (χ1) is 14.7. The highest BCUT2D eigenvalue weighted by Crippen LogP contribution is 2.41. The smallest absolute Gasteiger partial charge is 0.322 e. The van der Waals surface area contributed by atoms with Gasteiger partial charge in [0.2, 0.25) is 11.8 Å². The average Bonchev–Trinajstić information content (AvgIpc) is 3.41. The standard InChI is InChI=1S/C23H24N4O4/c1-13(28)24-17-9-7-15(8-10-17)14-3-5-16(6-4-14)18-11-19(18)25-20(29)12-23(2)21(30)26-22(31)27-23/h3-10,18-19H,11-12H2,1-2H3,(H,24,28)(H,25,29)(H2,26,27,30,31)/t18-,19+,23?/m1/s1. The Hall–Kier alpha value is -3.68. The quantitative estimate of drug-likeness (QED) is 0.537. The van der Waals surface area contributed by atoms with Gasteiger partial charge in [-0.2, -0.15) is 0 Å². The van der Waals surface area contributed by atoms with Gasteiger partial charge in [0.05, 0.1) is 6.42 Å². The van der Waals surface area contributed by atoms with Gasteiger partial charge < -0.3 is 16.0 Å². The molecular formula is C23H24N4O4. The summed E-state index contributed by atoms with van der Waals surface area (Å²) in [5.74, 6) is -0.614. The maximum Gasteiger partial charge on any atom is 0.322 e. The SMILES string of the molecule is CC(=O)Nc1ccc(-c2ccc([C@H]3C[C@@H]3NC(=O)CC3(C)NC(=O)NC3=O)cc2)cc1. The third kappa shape index (κ3) is 4.58. The van der Waals surface area contributed by atoms with Crippen molar-refractivity contribution in [3.8, 4) is 11.1 Å². The molecule has 4 rings (SSSR count). The van der Waals surface area contributed by atoms with E-state index in [0.29, 0.717) is 0 Å². The summed E-state index contributed by atoms with van der Waals surface area (Å²) in [4.78, 5) is 46.6. The molecule has 1 aliphatic heterocycles. The Kier molecular flexibility index (Phi) is 5.22. The van der Waals surface area contributed by atoms with Crippen LogP contribution in [0.5, 0.6) is 0 Å². The van der Waals surface area contributed by atoms with E-state index in [0.717, 1.165) is 28.8 Å². The van der Waals surface area contributed by atoms with Crippen LogP contribution in [-0.4, -0.2) is 35.3 Å². The van der Waals surface area contributed by atoms with E-state index >= 15 is 0 Å². The first kappa shape index (κ1) is 20.6. The molecule has 0 radical (unpaired) electrons. The molecule has 1 saturated heterocycles. The summed E-state index contributed by atoms with van der Waals surface area (Å²) in [6.07, 6.45) is 0.743. The van der Waals surface area contributed by atoms with E-state index in [1.54, 1.807) is 6.92 Å². The highest BCUT2D eigenvalue weighted by Gasteiger charge is 2.45. The number of hydrogen-bond donors (Lipinski definition) is 4. The molecule has 5 amide bonds. The Morgan fingerprint density at radius 3 is 2.19 bits per heavy atom. The zero-order valence-electron chi connectivity index (χ0n) is 17.3. The molecule has 1 unspecified atom stereocenters. The molecule has 2 aromatic rings. The van der Waals surface area contributed by atoms with E-state index < -0.39 is 17.5 Å². The molecule has 8 nitrogen and oxygen atoms in total. The fourth-order valence-electron chi connectivity index (χ4n) is 3.88. The van der Waals surface area contributed by atoms with Gasteiger partial charge in [-0.25, -0.2) is 4.79 Å². The molecule has 1 heterocycles. The van der Waals surface area contributed by atoms with Crippen molar-refractivity contribution in [3.63, 3.8) is 0 Å². The molecule has 1 saturated carbocycles. The molecule has 4 N–H and O–H groups in total. The number of carbonyl (C=O) groups excluding carboxylic acids is 4. The van der Waals surface area contributed by atoms with Crippen molar-refractivity contribution in [2.75, 3.05) is 5.32 Å². The van der Waals surface area contributed by atoms with Gasteiger partial charge in [-0.1, -0.05) is 36.4 Å². The molecule has 160 valence electrons. The van der Waals surface area contributed by atoms with Crippen molar-refractivity contribution in [2.45, 2.75) is 44.2 Å². The number of urea groups is 1.